The molecule has 3 rings (SSSR count). The number of carbonyl (C=O) groups is 1. The summed E-state index contributed by atoms with van der Waals surface area (Å²) >= 11 is 10.6. The number of esters is 1. The summed E-state index contributed by atoms with van der Waals surface area (Å²) in [6.07, 6.45) is 1.67. The van der Waals surface area contributed by atoms with Crippen LogP contribution in [0.5, 0.6) is 0 Å². The van der Waals surface area contributed by atoms with Crippen molar-refractivity contribution in [2.45, 2.75) is 0 Å². The van der Waals surface area contributed by atoms with Crippen LogP contribution in [0.15, 0.2) is 51.6 Å². The Labute approximate surface area is 132 Å². The molecule has 2 heterocycles. The van der Waals surface area contributed by atoms with E-state index in [1.807, 2.05) is 30.3 Å². The molecule has 100 valence electrons. The molecule has 6 heteroatoms. The quantitative estimate of drug-likeness (QED) is 0.578. The molecule has 20 heavy (non-hydrogen) atoms. The molecule has 1 aliphatic heterocycles. The van der Waals surface area contributed by atoms with Gasteiger partial charge in [0.25, 0.3) is 0 Å². The van der Waals surface area contributed by atoms with Gasteiger partial charge in [-0.3, -0.25) is 0 Å². The largest absolute Gasteiger partial charge is 0.402 e. The average molecular weight is 369 g/mol. The highest BCUT2D eigenvalue weighted by Crippen LogP contribution is 2.27. The minimum absolute atomic E-state index is 0.272. The smallest absolute Gasteiger partial charge is 0.363 e. The Kier molecular flexibility index (Phi) is 3.74. The third kappa shape index (κ3) is 2.70. The van der Waals surface area contributed by atoms with Gasteiger partial charge in [0, 0.05) is 9.35 Å². The number of benzene rings is 1. The van der Waals surface area contributed by atoms with Gasteiger partial charge >= 0.3 is 5.97 Å². The van der Waals surface area contributed by atoms with Gasteiger partial charge in [-0.25, -0.2) is 9.79 Å². The van der Waals surface area contributed by atoms with Gasteiger partial charge < -0.3 is 4.74 Å². The molecular weight excluding hydrogens is 362 g/mol. The van der Waals surface area contributed by atoms with Crippen LogP contribution in [-0.2, 0) is 9.53 Å². The molecule has 0 atom stereocenters. The lowest BCUT2D eigenvalue weighted by Crippen LogP contribution is -2.05. The first-order valence-corrected chi connectivity index (χ1v) is 7.65. The lowest BCUT2D eigenvalue weighted by atomic mass is 10.2. The van der Waals surface area contributed by atoms with Crippen LogP contribution in [0, 0.1) is 0 Å². The van der Waals surface area contributed by atoms with E-state index in [9.17, 15) is 4.79 Å². The summed E-state index contributed by atoms with van der Waals surface area (Å²) in [5.41, 5.74) is 1.02. The highest BCUT2D eigenvalue weighted by molar-refractivity contribution is 9.10. The summed E-state index contributed by atoms with van der Waals surface area (Å²) < 4.78 is 6.70. The number of halogens is 2. The second kappa shape index (κ2) is 5.52. The molecular formula is C14H7BrClNO2S. The molecule has 1 aromatic carbocycles. The van der Waals surface area contributed by atoms with Crippen LogP contribution in [-0.4, -0.2) is 11.9 Å². The van der Waals surface area contributed by atoms with Gasteiger partial charge in [-0.05, 0) is 46.3 Å². The van der Waals surface area contributed by atoms with Crippen molar-refractivity contribution in [1.82, 2.24) is 0 Å². The summed E-state index contributed by atoms with van der Waals surface area (Å²) in [6.45, 7) is 0. The van der Waals surface area contributed by atoms with Gasteiger partial charge in [-0.1, -0.05) is 23.7 Å². The van der Waals surface area contributed by atoms with Crippen LogP contribution >= 0.6 is 38.9 Å². The summed E-state index contributed by atoms with van der Waals surface area (Å²) in [5.74, 6) is -0.156. The van der Waals surface area contributed by atoms with Crippen molar-refractivity contribution < 1.29 is 9.53 Å². The van der Waals surface area contributed by atoms with Crippen molar-refractivity contribution in [3.05, 3.63) is 61.3 Å². The third-order valence-corrected chi connectivity index (χ3v) is 4.47. The SMILES string of the molecule is O=C1OC(c2ccccc2Br)=N/C1=C\c1ccc(Cl)s1. The minimum atomic E-state index is -0.458. The molecule has 0 saturated heterocycles. The predicted octanol–water partition coefficient (Wildman–Crippen LogP) is 4.51. The predicted molar refractivity (Wildman–Crippen MR) is 84.1 cm³/mol. The number of rotatable bonds is 2. The number of hydrogen-bond donors (Lipinski definition) is 0. The first-order chi connectivity index (χ1) is 9.63. The summed E-state index contributed by atoms with van der Waals surface area (Å²) in [7, 11) is 0. The van der Waals surface area contributed by atoms with Crippen LogP contribution < -0.4 is 0 Å². The van der Waals surface area contributed by atoms with E-state index in [0.29, 0.717) is 10.2 Å². The Morgan fingerprint density at radius 3 is 2.75 bits per heavy atom. The van der Waals surface area contributed by atoms with Crippen LogP contribution in [0.3, 0.4) is 0 Å². The topological polar surface area (TPSA) is 38.7 Å². The van der Waals surface area contributed by atoms with Crippen LogP contribution in [0.1, 0.15) is 10.4 Å². The third-order valence-electron chi connectivity index (χ3n) is 2.60. The van der Waals surface area contributed by atoms with Crippen molar-refractivity contribution in [2.24, 2.45) is 4.99 Å². The van der Waals surface area contributed by atoms with Gasteiger partial charge in [-0.2, -0.15) is 0 Å². The van der Waals surface area contributed by atoms with Crippen LogP contribution in [0.4, 0.5) is 0 Å². The highest BCUT2D eigenvalue weighted by atomic mass is 79.9. The van der Waals surface area contributed by atoms with E-state index in [1.165, 1.54) is 11.3 Å². The summed E-state index contributed by atoms with van der Waals surface area (Å²) in [5, 5.41) is 0. The van der Waals surface area contributed by atoms with Gasteiger partial charge in [0.05, 0.1) is 9.90 Å². The van der Waals surface area contributed by atoms with Crippen molar-refractivity contribution in [1.29, 1.82) is 0 Å². The molecule has 3 nitrogen and oxygen atoms in total. The Bertz CT molecular complexity index is 751. The van der Waals surface area contributed by atoms with E-state index in [1.54, 1.807) is 12.1 Å². The van der Waals surface area contributed by atoms with E-state index in [-0.39, 0.29) is 5.70 Å². The van der Waals surface area contributed by atoms with E-state index >= 15 is 0 Å². The van der Waals surface area contributed by atoms with E-state index in [2.05, 4.69) is 20.9 Å². The monoisotopic (exact) mass is 367 g/mol. The number of cyclic esters (lactones) is 1. The maximum atomic E-state index is 11.8. The molecule has 0 saturated carbocycles. The minimum Gasteiger partial charge on any atom is -0.402 e. The molecule has 0 radical (unpaired) electrons. The standard InChI is InChI=1S/C14H7BrClNO2S/c15-10-4-2-1-3-9(10)13-17-11(14(18)19-13)7-8-5-6-12(16)20-8/h1-7H/b11-7-. The number of nitrogens with zero attached hydrogens (tertiary/aromatic N) is 1. The molecule has 0 spiro atoms. The Morgan fingerprint density at radius 1 is 1.25 bits per heavy atom. The fourth-order valence-electron chi connectivity index (χ4n) is 1.70. The maximum absolute atomic E-state index is 11.8. The number of ether oxygens (including phenoxy) is 1. The fourth-order valence-corrected chi connectivity index (χ4v) is 3.15. The lowest BCUT2D eigenvalue weighted by Gasteiger charge is -2.01. The second-order valence-corrected chi connectivity index (χ2v) is 6.56. The number of hydrogen-bond acceptors (Lipinski definition) is 4. The zero-order chi connectivity index (χ0) is 14.1. The second-order valence-electron chi connectivity index (χ2n) is 3.96. The zero-order valence-electron chi connectivity index (χ0n) is 9.97. The maximum Gasteiger partial charge on any atom is 0.363 e. The van der Waals surface area contributed by atoms with Gasteiger partial charge in [0.2, 0.25) is 5.90 Å². The first kappa shape index (κ1) is 13.5. The molecule has 2 aromatic rings. The van der Waals surface area contributed by atoms with Crippen LogP contribution in [0.2, 0.25) is 4.34 Å². The van der Waals surface area contributed by atoms with Crippen molar-refractivity contribution in [3.63, 3.8) is 0 Å². The van der Waals surface area contributed by atoms with Crippen molar-refractivity contribution >= 4 is 56.8 Å². The van der Waals surface area contributed by atoms with Gasteiger partial charge in [0.1, 0.15) is 0 Å². The highest BCUT2D eigenvalue weighted by Gasteiger charge is 2.25. The molecule has 1 aromatic heterocycles. The summed E-state index contributed by atoms with van der Waals surface area (Å²) in [4.78, 5) is 16.9. The van der Waals surface area contributed by atoms with Crippen molar-refractivity contribution in [2.75, 3.05) is 0 Å². The zero-order valence-corrected chi connectivity index (χ0v) is 13.1. The molecule has 0 fully saturated rings. The molecule has 1 aliphatic rings. The van der Waals surface area contributed by atoms with E-state index in [0.717, 1.165) is 14.9 Å². The molecule has 0 amide bonds. The fraction of sp³-hybridized carbons (Fsp3) is 0. The Balaban J connectivity index is 1.97. The van der Waals surface area contributed by atoms with Gasteiger partial charge in [0.15, 0.2) is 5.70 Å². The average Bonchev–Trinajstić information content (AvgIpc) is 2.98. The Hall–Kier alpha value is -1.43. The van der Waals surface area contributed by atoms with Crippen LogP contribution in [0.25, 0.3) is 6.08 Å². The lowest BCUT2D eigenvalue weighted by molar-refractivity contribution is -0.129. The normalized spacial score (nSPS) is 16.4. The number of carbonyl (C=O) groups excluding carboxylic acids is 1. The van der Waals surface area contributed by atoms with Gasteiger partial charge in [-0.15, -0.1) is 11.3 Å². The number of thiophene rings is 1. The number of aliphatic imine (C=N–C) groups is 1. The molecule has 0 bridgehead atoms. The first-order valence-electron chi connectivity index (χ1n) is 5.66. The molecule has 0 aliphatic carbocycles. The van der Waals surface area contributed by atoms with Crippen molar-refractivity contribution in [3.8, 4) is 0 Å². The molecule has 0 unspecified atom stereocenters. The summed E-state index contributed by atoms with van der Waals surface area (Å²) in [6, 6.07) is 11.1. The molecule has 0 N–H and O–H groups in total. The van der Waals surface area contributed by atoms with E-state index < -0.39 is 5.97 Å². The Morgan fingerprint density at radius 2 is 2.05 bits per heavy atom. The van der Waals surface area contributed by atoms with E-state index in [4.69, 9.17) is 16.3 Å².